The van der Waals surface area contributed by atoms with Gasteiger partial charge in [-0.3, -0.25) is 9.59 Å². The second-order valence-corrected chi connectivity index (χ2v) is 8.83. The van der Waals surface area contributed by atoms with E-state index in [0.717, 1.165) is 11.3 Å². The van der Waals surface area contributed by atoms with Crippen LogP contribution in [0.5, 0.6) is 0 Å². The lowest BCUT2D eigenvalue weighted by Gasteiger charge is -2.31. The minimum absolute atomic E-state index is 0.0899. The van der Waals surface area contributed by atoms with E-state index in [1.807, 2.05) is 44.2 Å². The van der Waals surface area contributed by atoms with E-state index < -0.39 is 6.04 Å². The van der Waals surface area contributed by atoms with E-state index in [-0.39, 0.29) is 18.4 Å². The van der Waals surface area contributed by atoms with Crippen LogP contribution < -0.4 is 5.32 Å². The fraction of sp³-hybridized carbons (Fsp3) is 0.391. The van der Waals surface area contributed by atoms with Crippen molar-refractivity contribution in [1.82, 2.24) is 10.2 Å². The molecule has 2 amide bonds. The Morgan fingerprint density at radius 3 is 2.30 bits per heavy atom. The molecule has 0 saturated carbocycles. The summed E-state index contributed by atoms with van der Waals surface area (Å²) in [4.78, 5) is 28.7. The first kappa shape index (κ1) is 24.6. The zero-order chi connectivity index (χ0) is 21.9. The van der Waals surface area contributed by atoms with E-state index in [1.54, 1.807) is 34.9 Å². The lowest BCUT2D eigenvalue weighted by Crippen LogP contribution is -2.49. The lowest BCUT2D eigenvalue weighted by molar-refractivity contribution is -0.141. The minimum atomic E-state index is -0.571. The van der Waals surface area contributed by atoms with Crippen LogP contribution in [0.3, 0.4) is 0 Å². The van der Waals surface area contributed by atoms with Crippen molar-refractivity contribution in [2.45, 2.75) is 50.6 Å². The molecule has 4 nitrogen and oxygen atoms in total. The third-order valence-electron chi connectivity index (χ3n) is 4.65. The summed E-state index contributed by atoms with van der Waals surface area (Å²) < 4.78 is 0. The van der Waals surface area contributed by atoms with Crippen LogP contribution in [-0.4, -0.2) is 35.1 Å². The third kappa shape index (κ3) is 7.22. The zero-order valence-electron chi connectivity index (χ0n) is 17.4. The Balaban J connectivity index is 2.18. The molecule has 1 N–H and O–H groups in total. The van der Waals surface area contributed by atoms with Crippen LogP contribution in [0.4, 0.5) is 0 Å². The highest BCUT2D eigenvalue weighted by molar-refractivity contribution is 7.99. The Morgan fingerprint density at radius 2 is 1.70 bits per heavy atom. The van der Waals surface area contributed by atoms with Crippen molar-refractivity contribution in [1.29, 1.82) is 0 Å². The normalized spacial score (nSPS) is 11.7. The number of thioether (sulfide) groups is 1. The summed E-state index contributed by atoms with van der Waals surface area (Å²) in [5.41, 5.74) is 0.659. The predicted octanol–water partition coefficient (Wildman–Crippen LogP) is 5.81. The monoisotopic (exact) mass is 466 g/mol. The molecule has 0 unspecified atom stereocenters. The van der Waals surface area contributed by atoms with Gasteiger partial charge in [0.15, 0.2) is 0 Å². The molecule has 0 saturated heterocycles. The van der Waals surface area contributed by atoms with Crippen molar-refractivity contribution in [2.75, 3.05) is 12.3 Å². The Bertz CT molecular complexity index is 813. The summed E-state index contributed by atoms with van der Waals surface area (Å²) in [6, 6.07) is 14.6. The molecule has 0 aromatic heterocycles. The SMILES string of the molecule is CCCNC(=O)[C@@H](CC)N(Cc1c(Cl)cccc1Cl)C(=O)CCSc1ccccc1. The molecule has 0 radical (unpaired) electrons. The molecule has 0 aliphatic carbocycles. The van der Waals surface area contributed by atoms with Crippen LogP contribution in [-0.2, 0) is 16.1 Å². The van der Waals surface area contributed by atoms with E-state index in [0.29, 0.717) is 40.7 Å². The van der Waals surface area contributed by atoms with Gasteiger partial charge < -0.3 is 10.2 Å². The number of hydrogen-bond acceptors (Lipinski definition) is 3. The molecule has 1 atom stereocenters. The molecular weight excluding hydrogens is 439 g/mol. The molecule has 0 bridgehead atoms. The molecule has 0 spiro atoms. The maximum Gasteiger partial charge on any atom is 0.242 e. The van der Waals surface area contributed by atoms with Gasteiger partial charge >= 0.3 is 0 Å². The van der Waals surface area contributed by atoms with Crippen LogP contribution >= 0.6 is 35.0 Å². The highest BCUT2D eigenvalue weighted by Crippen LogP contribution is 2.27. The summed E-state index contributed by atoms with van der Waals surface area (Å²) in [5, 5.41) is 3.89. The second kappa shape index (κ2) is 12.9. The second-order valence-electron chi connectivity index (χ2n) is 6.85. The average molecular weight is 467 g/mol. The maximum atomic E-state index is 13.2. The number of amides is 2. The van der Waals surface area contributed by atoms with Gasteiger partial charge in [-0.25, -0.2) is 0 Å². The van der Waals surface area contributed by atoms with E-state index in [2.05, 4.69) is 5.32 Å². The third-order valence-corrected chi connectivity index (χ3v) is 6.38. The van der Waals surface area contributed by atoms with Gasteiger partial charge in [0.05, 0.1) is 0 Å². The standard InChI is InChI=1S/C23H28Cl2N2O2S/c1-3-14-26-23(29)21(4-2)27(16-18-19(24)11-8-12-20(18)25)22(28)13-15-30-17-9-6-5-7-10-17/h5-12,21H,3-4,13-16H2,1-2H3,(H,26,29)/t21-/m1/s1. The number of halogens is 2. The van der Waals surface area contributed by atoms with Gasteiger partial charge in [0.1, 0.15) is 6.04 Å². The van der Waals surface area contributed by atoms with Crippen molar-refractivity contribution >= 4 is 46.8 Å². The number of nitrogens with one attached hydrogen (secondary N) is 1. The van der Waals surface area contributed by atoms with E-state index in [4.69, 9.17) is 23.2 Å². The number of benzene rings is 2. The van der Waals surface area contributed by atoms with Gasteiger partial charge in [-0.1, -0.05) is 61.3 Å². The molecule has 0 aliphatic rings. The number of nitrogens with zero attached hydrogens (tertiary/aromatic N) is 1. The first-order valence-electron chi connectivity index (χ1n) is 10.2. The largest absolute Gasteiger partial charge is 0.354 e. The van der Waals surface area contributed by atoms with Gasteiger partial charge in [0.2, 0.25) is 11.8 Å². The first-order valence-corrected chi connectivity index (χ1v) is 11.9. The van der Waals surface area contributed by atoms with Crippen LogP contribution in [0.25, 0.3) is 0 Å². The lowest BCUT2D eigenvalue weighted by atomic mass is 10.1. The molecule has 2 aromatic rings. The first-order chi connectivity index (χ1) is 14.5. The minimum Gasteiger partial charge on any atom is -0.354 e. The van der Waals surface area contributed by atoms with E-state index in [9.17, 15) is 9.59 Å². The van der Waals surface area contributed by atoms with E-state index >= 15 is 0 Å². The van der Waals surface area contributed by atoms with Crippen LogP contribution in [0, 0.1) is 0 Å². The quantitative estimate of drug-likeness (QED) is 0.425. The maximum absolute atomic E-state index is 13.2. The number of carbonyl (C=O) groups excluding carboxylic acids is 2. The number of hydrogen-bond donors (Lipinski definition) is 1. The topological polar surface area (TPSA) is 49.4 Å². The Labute approximate surface area is 193 Å². The van der Waals surface area contributed by atoms with Crippen LogP contribution in [0.15, 0.2) is 53.4 Å². The van der Waals surface area contributed by atoms with Crippen molar-refractivity contribution in [3.63, 3.8) is 0 Å². The highest BCUT2D eigenvalue weighted by atomic mass is 35.5. The summed E-state index contributed by atoms with van der Waals surface area (Å²) >= 11 is 14.3. The van der Waals surface area contributed by atoms with Crippen LogP contribution in [0.1, 0.15) is 38.7 Å². The summed E-state index contributed by atoms with van der Waals surface area (Å²) in [7, 11) is 0. The fourth-order valence-electron chi connectivity index (χ4n) is 3.06. The molecule has 162 valence electrons. The van der Waals surface area contributed by atoms with Crippen molar-refractivity contribution in [2.24, 2.45) is 0 Å². The molecule has 7 heteroatoms. The molecule has 0 heterocycles. The Morgan fingerprint density at radius 1 is 1.03 bits per heavy atom. The molecule has 0 fully saturated rings. The van der Waals surface area contributed by atoms with Crippen molar-refractivity contribution in [3.8, 4) is 0 Å². The van der Waals surface area contributed by atoms with Crippen LogP contribution in [0.2, 0.25) is 10.0 Å². The van der Waals surface area contributed by atoms with Crippen molar-refractivity contribution < 1.29 is 9.59 Å². The zero-order valence-corrected chi connectivity index (χ0v) is 19.7. The average Bonchev–Trinajstić information content (AvgIpc) is 2.74. The Kier molecular flexibility index (Phi) is 10.6. The molecular formula is C23H28Cl2N2O2S. The molecule has 0 aliphatic heterocycles. The fourth-order valence-corrected chi connectivity index (χ4v) is 4.43. The Hall–Kier alpha value is -1.69. The summed E-state index contributed by atoms with van der Waals surface area (Å²) in [6.07, 6.45) is 1.66. The van der Waals surface area contributed by atoms with Gasteiger partial charge in [0.25, 0.3) is 0 Å². The predicted molar refractivity (Wildman–Crippen MR) is 126 cm³/mol. The van der Waals surface area contributed by atoms with Gasteiger partial charge in [-0.15, -0.1) is 11.8 Å². The molecule has 30 heavy (non-hydrogen) atoms. The van der Waals surface area contributed by atoms with E-state index in [1.165, 1.54) is 0 Å². The highest BCUT2D eigenvalue weighted by Gasteiger charge is 2.29. The molecule has 2 aromatic carbocycles. The summed E-state index contributed by atoms with van der Waals surface area (Å²) in [6.45, 7) is 4.68. The summed E-state index contributed by atoms with van der Waals surface area (Å²) in [5.74, 6) is 0.391. The van der Waals surface area contributed by atoms with Gasteiger partial charge in [-0.05, 0) is 37.1 Å². The van der Waals surface area contributed by atoms with Crippen molar-refractivity contribution in [3.05, 3.63) is 64.1 Å². The van der Waals surface area contributed by atoms with Gasteiger partial charge in [0, 0.05) is 45.8 Å². The number of rotatable bonds is 11. The smallest absolute Gasteiger partial charge is 0.242 e. The number of carbonyl (C=O) groups is 2. The molecule has 2 rings (SSSR count). The van der Waals surface area contributed by atoms with Gasteiger partial charge in [-0.2, -0.15) is 0 Å².